The molecule has 0 bridgehead atoms. The van der Waals surface area contributed by atoms with Gasteiger partial charge < -0.3 is 4.74 Å². The molecule has 1 aliphatic carbocycles. The first-order valence-corrected chi connectivity index (χ1v) is 8.14. The highest BCUT2D eigenvalue weighted by Crippen LogP contribution is 2.40. The van der Waals surface area contributed by atoms with Gasteiger partial charge in [-0.3, -0.25) is 10.1 Å². The Labute approximate surface area is 131 Å². The molecule has 1 fully saturated rings. The quantitative estimate of drug-likeness (QED) is 0.885. The predicted molar refractivity (Wildman–Crippen MR) is 82.1 cm³/mol. The smallest absolute Gasteiger partial charge is 0.339 e. The summed E-state index contributed by atoms with van der Waals surface area (Å²) in [4.78, 5) is 28.7. The zero-order valence-corrected chi connectivity index (χ0v) is 12.6. The van der Waals surface area contributed by atoms with Gasteiger partial charge in [-0.05, 0) is 24.5 Å². The van der Waals surface area contributed by atoms with Gasteiger partial charge in [0.25, 0.3) is 5.91 Å². The van der Waals surface area contributed by atoms with Crippen molar-refractivity contribution in [1.29, 1.82) is 0 Å². The molecule has 112 valence electrons. The maximum absolute atomic E-state index is 12.3. The molecule has 5 nitrogen and oxygen atoms in total. The fourth-order valence-electron chi connectivity index (χ4n) is 2.57. The number of carbonyl (C=O) groups excluding carboxylic acids is 2. The van der Waals surface area contributed by atoms with E-state index in [1.54, 1.807) is 12.1 Å². The van der Waals surface area contributed by atoms with E-state index in [0.717, 1.165) is 11.3 Å². The third-order valence-corrected chi connectivity index (χ3v) is 4.71. The summed E-state index contributed by atoms with van der Waals surface area (Å²) in [5.74, 6) is -0.208. The molecule has 1 N–H and O–H groups in total. The first kappa shape index (κ1) is 13.5. The molecular formula is C16H14N2O3S. The van der Waals surface area contributed by atoms with Crippen molar-refractivity contribution >= 4 is 28.3 Å². The Morgan fingerprint density at radius 2 is 2.14 bits per heavy atom. The average molecular weight is 314 g/mol. The van der Waals surface area contributed by atoms with Crippen LogP contribution in [0.3, 0.4) is 0 Å². The zero-order chi connectivity index (χ0) is 15.1. The van der Waals surface area contributed by atoms with Crippen LogP contribution in [0.1, 0.15) is 40.4 Å². The van der Waals surface area contributed by atoms with E-state index in [1.807, 2.05) is 17.5 Å². The summed E-state index contributed by atoms with van der Waals surface area (Å²) in [6.45, 7) is 0. The maximum atomic E-state index is 12.3. The Kier molecular flexibility index (Phi) is 3.18. The van der Waals surface area contributed by atoms with Crippen LogP contribution in [-0.4, -0.2) is 23.0 Å². The summed E-state index contributed by atoms with van der Waals surface area (Å²) in [5.41, 5.74) is 2.43. The van der Waals surface area contributed by atoms with Crippen LogP contribution in [0, 0.1) is 0 Å². The number of carbonyl (C=O) groups is 2. The molecule has 0 unspecified atom stereocenters. The van der Waals surface area contributed by atoms with E-state index in [9.17, 15) is 9.59 Å². The van der Waals surface area contributed by atoms with Crippen LogP contribution in [0.25, 0.3) is 0 Å². The lowest BCUT2D eigenvalue weighted by atomic mass is 9.98. The Bertz CT molecular complexity index is 751. The molecule has 2 heterocycles. The van der Waals surface area contributed by atoms with E-state index in [0.29, 0.717) is 23.0 Å². The SMILES string of the molecule is O=C1O[C@H](C(=O)Nc2nc(C3CC3)cs2)Cc2ccccc21. The van der Waals surface area contributed by atoms with Gasteiger partial charge in [0.05, 0.1) is 11.3 Å². The number of amides is 1. The zero-order valence-electron chi connectivity index (χ0n) is 11.7. The third-order valence-electron chi connectivity index (χ3n) is 3.93. The molecule has 0 spiro atoms. The van der Waals surface area contributed by atoms with Crippen LogP contribution >= 0.6 is 11.3 Å². The molecule has 0 radical (unpaired) electrons. The van der Waals surface area contributed by atoms with Crippen LogP contribution in [0.2, 0.25) is 0 Å². The lowest BCUT2D eigenvalue weighted by Crippen LogP contribution is -2.37. The number of nitrogens with zero attached hydrogens (tertiary/aromatic N) is 1. The predicted octanol–water partition coefficient (Wildman–Crippen LogP) is 2.74. The molecule has 22 heavy (non-hydrogen) atoms. The first-order chi connectivity index (χ1) is 10.7. The van der Waals surface area contributed by atoms with Gasteiger partial charge in [0, 0.05) is 17.7 Å². The van der Waals surface area contributed by atoms with E-state index in [1.165, 1.54) is 24.2 Å². The lowest BCUT2D eigenvalue weighted by Gasteiger charge is -2.23. The second-order valence-corrected chi connectivity index (χ2v) is 6.45. The number of anilines is 1. The molecule has 1 atom stereocenters. The van der Waals surface area contributed by atoms with Crippen molar-refractivity contribution in [2.75, 3.05) is 5.32 Å². The summed E-state index contributed by atoms with van der Waals surface area (Å²) in [7, 11) is 0. The highest BCUT2D eigenvalue weighted by atomic mass is 32.1. The number of hydrogen-bond donors (Lipinski definition) is 1. The van der Waals surface area contributed by atoms with E-state index in [4.69, 9.17) is 4.74 Å². The summed E-state index contributed by atoms with van der Waals surface area (Å²) in [6, 6.07) is 7.21. The standard InChI is InChI=1S/C16H14N2O3S/c19-14(18-16-17-12(8-22-16)9-5-6-9)13-7-10-3-1-2-4-11(10)15(20)21-13/h1-4,8-9,13H,5-7H2,(H,17,18,19)/t13-/m0/s1. The molecule has 2 aliphatic rings. The minimum atomic E-state index is -0.796. The van der Waals surface area contributed by atoms with Crippen molar-refractivity contribution in [1.82, 2.24) is 4.98 Å². The largest absolute Gasteiger partial charge is 0.448 e. The third kappa shape index (κ3) is 2.50. The fourth-order valence-corrected chi connectivity index (χ4v) is 3.37. The van der Waals surface area contributed by atoms with Gasteiger partial charge in [0.1, 0.15) is 0 Å². The van der Waals surface area contributed by atoms with E-state index in [-0.39, 0.29) is 5.91 Å². The lowest BCUT2D eigenvalue weighted by molar-refractivity contribution is -0.125. The van der Waals surface area contributed by atoms with Crippen molar-refractivity contribution in [3.05, 3.63) is 46.5 Å². The van der Waals surface area contributed by atoms with Crippen molar-refractivity contribution in [3.8, 4) is 0 Å². The number of nitrogens with one attached hydrogen (secondary N) is 1. The number of thiazole rings is 1. The van der Waals surface area contributed by atoms with E-state index < -0.39 is 12.1 Å². The molecule has 1 amide bonds. The number of esters is 1. The molecule has 6 heteroatoms. The average Bonchev–Trinajstić information content (AvgIpc) is 3.27. The molecule has 0 saturated heterocycles. The fraction of sp³-hybridized carbons (Fsp3) is 0.312. The van der Waals surface area contributed by atoms with Gasteiger partial charge in [-0.2, -0.15) is 0 Å². The van der Waals surface area contributed by atoms with Gasteiger partial charge >= 0.3 is 5.97 Å². The monoisotopic (exact) mass is 314 g/mol. The molecular weight excluding hydrogens is 300 g/mol. The van der Waals surface area contributed by atoms with Crippen LogP contribution in [0.4, 0.5) is 5.13 Å². The molecule has 4 rings (SSSR count). The Morgan fingerprint density at radius 3 is 2.95 bits per heavy atom. The van der Waals surface area contributed by atoms with Gasteiger partial charge in [0.2, 0.25) is 0 Å². The number of benzene rings is 1. The van der Waals surface area contributed by atoms with Crippen LogP contribution in [0.5, 0.6) is 0 Å². The van der Waals surface area contributed by atoms with Crippen molar-refractivity contribution < 1.29 is 14.3 Å². The van der Waals surface area contributed by atoms with Crippen LogP contribution < -0.4 is 5.32 Å². The summed E-state index contributed by atoms with van der Waals surface area (Å²) < 4.78 is 5.24. The number of fused-ring (bicyclic) bond motifs is 1. The van der Waals surface area contributed by atoms with Gasteiger partial charge in [-0.25, -0.2) is 9.78 Å². The highest BCUT2D eigenvalue weighted by Gasteiger charge is 2.32. The van der Waals surface area contributed by atoms with Crippen LogP contribution in [-0.2, 0) is 16.0 Å². The molecule has 1 aromatic carbocycles. The summed E-state index contributed by atoms with van der Waals surface area (Å²) in [5, 5.41) is 5.31. The molecule has 1 aromatic heterocycles. The van der Waals surface area contributed by atoms with Gasteiger partial charge in [-0.1, -0.05) is 18.2 Å². The highest BCUT2D eigenvalue weighted by molar-refractivity contribution is 7.13. The molecule has 1 saturated carbocycles. The number of rotatable bonds is 3. The van der Waals surface area contributed by atoms with Crippen molar-refractivity contribution in [2.45, 2.75) is 31.3 Å². The maximum Gasteiger partial charge on any atom is 0.339 e. The van der Waals surface area contributed by atoms with E-state index in [2.05, 4.69) is 10.3 Å². The van der Waals surface area contributed by atoms with Crippen molar-refractivity contribution in [3.63, 3.8) is 0 Å². The second kappa shape index (κ2) is 5.21. The number of cyclic esters (lactones) is 1. The normalized spacial score (nSPS) is 20.2. The van der Waals surface area contributed by atoms with Gasteiger partial charge in [0.15, 0.2) is 11.2 Å². The summed E-state index contributed by atoms with van der Waals surface area (Å²) >= 11 is 1.41. The minimum Gasteiger partial charge on any atom is -0.448 e. The molecule has 2 aromatic rings. The Balaban J connectivity index is 1.47. The first-order valence-electron chi connectivity index (χ1n) is 7.26. The van der Waals surface area contributed by atoms with Gasteiger partial charge in [-0.15, -0.1) is 11.3 Å². The topological polar surface area (TPSA) is 68.3 Å². The summed E-state index contributed by atoms with van der Waals surface area (Å²) in [6.07, 6.45) is 1.95. The Morgan fingerprint density at radius 1 is 1.32 bits per heavy atom. The van der Waals surface area contributed by atoms with Crippen molar-refractivity contribution in [2.24, 2.45) is 0 Å². The number of ether oxygens (including phenoxy) is 1. The number of aromatic nitrogens is 1. The Hall–Kier alpha value is -2.21. The number of hydrogen-bond acceptors (Lipinski definition) is 5. The van der Waals surface area contributed by atoms with Crippen LogP contribution in [0.15, 0.2) is 29.6 Å². The second-order valence-electron chi connectivity index (χ2n) is 5.60. The molecule has 1 aliphatic heterocycles. The minimum absolute atomic E-state index is 0.320. The van der Waals surface area contributed by atoms with E-state index >= 15 is 0 Å².